The molecule has 1 aliphatic heterocycles. The van der Waals surface area contributed by atoms with Crippen LogP contribution in [-0.4, -0.2) is 33.8 Å². The summed E-state index contributed by atoms with van der Waals surface area (Å²) in [4.78, 5) is 31.4. The number of primary amides is 1. The van der Waals surface area contributed by atoms with Gasteiger partial charge in [-0.25, -0.2) is 4.39 Å². The number of rotatable bonds is 5. The molecule has 2 aromatic heterocycles. The van der Waals surface area contributed by atoms with Crippen LogP contribution in [0.25, 0.3) is 10.9 Å². The number of nitrogens with two attached hydrogens (primary N) is 1. The van der Waals surface area contributed by atoms with Gasteiger partial charge in [-0.3, -0.25) is 14.6 Å². The van der Waals surface area contributed by atoms with E-state index in [1.807, 2.05) is 0 Å². The Morgan fingerprint density at radius 1 is 1.24 bits per heavy atom. The molecule has 4 atom stereocenters. The lowest BCUT2D eigenvalue weighted by atomic mass is 9.76. The topological polar surface area (TPSA) is 107 Å². The Morgan fingerprint density at radius 2 is 1.95 bits per heavy atom. The number of aromatic amines is 1. The molecule has 7 nitrogen and oxygen atoms in total. The summed E-state index contributed by atoms with van der Waals surface area (Å²) in [6, 6.07) is 4.38. The largest absolute Gasteiger partial charge is 0.487 e. The first kappa shape index (κ1) is 25.1. The highest BCUT2D eigenvalue weighted by Crippen LogP contribution is 2.59. The number of carbonyl (C=O) groups excluding carboxylic acids is 1. The minimum absolute atomic E-state index is 0.00947. The number of hydrogen-bond donors (Lipinski definition) is 2. The number of aromatic nitrogens is 2. The third-order valence-electron chi connectivity index (χ3n) is 7.22. The number of alkyl halides is 3. The Balaban J connectivity index is 1.72. The Morgan fingerprint density at radius 3 is 2.57 bits per heavy atom. The van der Waals surface area contributed by atoms with Gasteiger partial charge in [-0.1, -0.05) is 13.0 Å². The standard InChI is InChI=1S/C25H22F5N3O4/c1-10-17(12-5-6-13(26)19(27)21(12)36-11-3-4-11)22(37-24(10,2)25(28,29)30)15-9-16(34)18-14(33-15)7-8-32-20(18)23(31)35/h5-11,17,22H,3-4H2,1-2H3,(H2,31,35)(H,33,34)/t10-,17-,22-,24+/m0/s1. The van der Waals surface area contributed by atoms with Crippen molar-refractivity contribution in [3.8, 4) is 5.75 Å². The molecular weight excluding hydrogens is 501 g/mol. The number of H-pyrrole nitrogens is 1. The molecule has 37 heavy (non-hydrogen) atoms. The molecule has 1 aromatic carbocycles. The zero-order chi connectivity index (χ0) is 26.9. The summed E-state index contributed by atoms with van der Waals surface area (Å²) < 4.78 is 83.2. The number of amides is 1. The molecule has 0 spiro atoms. The molecule has 2 fully saturated rings. The van der Waals surface area contributed by atoms with E-state index in [-0.39, 0.29) is 34.0 Å². The van der Waals surface area contributed by atoms with Gasteiger partial charge in [-0.15, -0.1) is 0 Å². The maximum absolute atomic E-state index is 14.9. The summed E-state index contributed by atoms with van der Waals surface area (Å²) in [5.41, 5.74) is 1.63. The van der Waals surface area contributed by atoms with E-state index >= 15 is 0 Å². The summed E-state index contributed by atoms with van der Waals surface area (Å²) in [5, 5.41) is -0.134. The van der Waals surface area contributed by atoms with Crippen LogP contribution >= 0.6 is 0 Å². The lowest BCUT2D eigenvalue weighted by Gasteiger charge is -2.32. The summed E-state index contributed by atoms with van der Waals surface area (Å²) in [7, 11) is 0. The van der Waals surface area contributed by atoms with Crippen LogP contribution in [0.1, 0.15) is 60.5 Å². The highest BCUT2D eigenvalue weighted by atomic mass is 19.4. The van der Waals surface area contributed by atoms with Gasteiger partial charge in [-0.2, -0.15) is 17.6 Å². The van der Waals surface area contributed by atoms with Crippen molar-refractivity contribution in [2.24, 2.45) is 11.7 Å². The molecule has 5 rings (SSSR count). The van der Waals surface area contributed by atoms with Crippen molar-refractivity contribution in [1.29, 1.82) is 0 Å². The Kier molecular flexibility index (Phi) is 5.78. The first-order valence-corrected chi connectivity index (χ1v) is 11.5. The van der Waals surface area contributed by atoms with E-state index < -0.39 is 58.4 Å². The Labute approximate surface area is 206 Å². The van der Waals surface area contributed by atoms with Gasteiger partial charge in [0.15, 0.2) is 22.6 Å². The number of pyridine rings is 2. The van der Waals surface area contributed by atoms with E-state index in [2.05, 4.69) is 9.97 Å². The van der Waals surface area contributed by atoms with Gasteiger partial charge in [0, 0.05) is 35.4 Å². The van der Waals surface area contributed by atoms with E-state index in [1.165, 1.54) is 25.3 Å². The average Bonchev–Trinajstić information content (AvgIpc) is 3.60. The highest BCUT2D eigenvalue weighted by Gasteiger charge is 2.65. The van der Waals surface area contributed by atoms with Crippen LogP contribution in [0.2, 0.25) is 0 Å². The lowest BCUT2D eigenvalue weighted by molar-refractivity contribution is -0.275. The molecule has 0 radical (unpaired) electrons. The van der Waals surface area contributed by atoms with Crippen molar-refractivity contribution in [2.45, 2.75) is 56.6 Å². The van der Waals surface area contributed by atoms with Crippen molar-refractivity contribution in [3.63, 3.8) is 0 Å². The predicted molar refractivity (Wildman–Crippen MR) is 121 cm³/mol. The summed E-state index contributed by atoms with van der Waals surface area (Å²) in [5.74, 6) is -6.43. The Hall–Kier alpha value is -3.54. The average molecular weight is 523 g/mol. The third kappa shape index (κ3) is 4.03. The summed E-state index contributed by atoms with van der Waals surface area (Å²) in [6.45, 7) is 2.18. The smallest absolute Gasteiger partial charge is 0.417 e. The second-order valence-corrected chi connectivity index (χ2v) is 9.59. The molecule has 0 unspecified atom stereocenters. The van der Waals surface area contributed by atoms with E-state index in [0.29, 0.717) is 12.8 Å². The fourth-order valence-electron chi connectivity index (χ4n) is 4.91. The highest BCUT2D eigenvalue weighted by molar-refractivity contribution is 6.03. The number of carbonyl (C=O) groups is 1. The van der Waals surface area contributed by atoms with Gasteiger partial charge in [0.1, 0.15) is 11.8 Å². The second-order valence-electron chi connectivity index (χ2n) is 9.59. The van der Waals surface area contributed by atoms with E-state index in [9.17, 15) is 31.5 Å². The first-order valence-electron chi connectivity index (χ1n) is 11.5. The van der Waals surface area contributed by atoms with Crippen molar-refractivity contribution >= 4 is 16.8 Å². The molecule has 3 N–H and O–H groups in total. The Bertz CT molecular complexity index is 1470. The van der Waals surface area contributed by atoms with Crippen LogP contribution in [0.5, 0.6) is 5.75 Å². The van der Waals surface area contributed by atoms with Gasteiger partial charge in [-0.05, 0) is 31.9 Å². The number of hydrogen-bond acceptors (Lipinski definition) is 5. The molecule has 3 heterocycles. The van der Waals surface area contributed by atoms with Crippen molar-refractivity contribution in [3.05, 3.63) is 69.3 Å². The van der Waals surface area contributed by atoms with E-state index in [0.717, 1.165) is 19.1 Å². The van der Waals surface area contributed by atoms with E-state index in [1.54, 1.807) is 0 Å². The number of nitrogens with one attached hydrogen (secondary N) is 1. The number of fused-ring (bicyclic) bond motifs is 1. The number of halogens is 5. The van der Waals surface area contributed by atoms with Crippen LogP contribution < -0.4 is 15.9 Å². The third-order valence-corrected chi connectivity index (χ3v) is 7.22. The molecule has 1 saturated carbocycles. The monoisotopic (exact) mass is 523 g/mol. The quantitative estimate of drug-likeness (QED) is 0.474. The minimum Gasteiger partial charge on any atom is -0.487 e. The lowest BCUT2D eigenvalue weighted by Crippen LogP contribution is -2.46. The maximum Gasteiger partial charge on any atom is 0.417 e. The van der Waals surface area contributed by atoms with Crippen LogP contribution in [0, 0.1) is 17.6 Å². The molecule has 196 valence electrons. The molecule has 0 bridgehead atoms. The first-order chi connectivity index (χ1) is 17.3. The molecule has 2 aliphatic rings. The van der Waals surface area contributed by atoms with Crippen molar-refractivity contribution in [1.82, 2.24) is 9.97 Å². The zero-order valence-electron chi connectivity index (χ0n) is 19.7. The van der Waals surface area contributed by atoms with Crippen LogP contribution in [-0.2, 0) is 4.74 Å². The van der Waals surface area contributed by atoms with Gasteiger partial charge < -0.3 is 20.2 Å². The molecule has 3 aromatic rings. The molecular formula is C25H22F5N3O4. The van der Waals surface area contributed by atoms with Crippen LogP contribution in [0.4, 0.5) is 22.0 Å². The maximum atomic E-state index is 14.9. The van der Waals surface area contributed by atoms with Crippen molar-refractivity contribution in [2.75, 3.05) is 0 Å². The van der Waals surface area contributed by atoms with Gasteiger partial charge in [0.25, 0.3) is 5.91 Å². The van der Waals surface area contributed by atoms with E-state index in [4.69, 9.17) is 15.2 Å². The summed E-state index contributed by atoms with van der Waals surface area (Å²) in [6.07, 6.45) is -4.23. The molecule has 1 saturated heterocycles. The second kappa shape index (κ2) is 8.51. The zero-order valence-corrected chi connectivity index (χ0v) is 19.7. The number of benzene rings is 1. The van der Waals surface area contributed by atoms with Crippen molar-refractivity contribution < 1.29 is 36.2 Å². The summed E-state index contributed by atoms with van der Waals surface area (Å²) >= 11 is 0. The SMILES string of the molecule is C[C@H]1[C@@H](c2ccc(F)c(F)c2OC2CC2)[C@H](c2cc(=O)c3c(C(N)=O)nccc3[nH]2)O[C@@]1(C)C(F)(F)F. The normalized spacial score (nSPS) is 26.0. The fourth-order valence-corrected chi connectivity index (χ4v) is 4.91. The molecule has 1 aliphatic carbocycles. The molecule has 1 amide bonds. The predicted octanol–water partition coefficient (Wildman–Crippen LogP) is 4.65. The number of ether oxygens (including phenoxy) is 2. The fraction of sp³-hybridized carbons (Fsp3) is 0.400. The van der Waals surface area contributed by atoms with Crippen LogP contribution in [0.3, 0.4) is 0 Å². The van der Waals surface area contributed by atoms with Gasteiger partial charge in [0.2, 0.25) is 5.82 Å². The number of nitrogens with zero attached hydrogens (tertiary/aromatic N) is 1. The van der Waals surface area contributed by atoms with Crippen LogP contribution in [0.15, 0.2) is 35.3 Å². The van der Waals surface area contributed by atoms with Gasteiger partial charge in [0.05, 0.1) is 17.0 Å². The molecule has 12 heteroatoms. The minimum atomic E-state index is -4.84. The van der Waals surface area contributed by atoms with Gasteiger partial charge >= 0.3 is 6.18 Å².